The van der Waals surface area contributed by atoms with Crippen LogP contribution in [-0.2, 0) is 9.53 Å². The molecule has 0 aliphatic heterocycles. The molecule has 2 aromatic rings. The summed E-state index contributed by atoms with van der Waals surface area (Å²) < 4.78 is 18.5. The summed E-state index contributed by atoms with van der Waals surface area (Å²) in [6.45, 7) is 1.71. The van der Waals surface area contributed by atoms with Crippen molar-refractivity contribution >= 4 is 35.2 Å². The molecule has 1 amide bonds. The maximum atomic E-state index is 13.0. The fourth-order valence-electron chi connectivity index (χ4n) is 2.39. The lowest BCUT2D eigenvalue weighted by molar-refractivity contribution is -0.151. The van der Waals surface area contributed by atoms with E-state index in [9.17, 15) is 14.0 Å². The van der Waals surface area contributed by atoms with Crippen molar-refractivity contribution in [3.05, 3.63) is 70.5 Å². The summed E-state index contributed by atoms with van der Waals surface area (Å²) in [5.41, 5.74) is 1.09. The van der Waals surface area contributed by atoms with Gasteiger partial charge < -0.3 is 10.1 Å². The van der Waals surface area contributed by atoms with Gasteiger partial charge in [0.15, 0.2) is 0 Å². The first-order valence-corrected chi connectivity index (χ1v) is 10.2. The Morgan fingerprint density at radius 1 is 1.15 bits per heavy atom. The molecule has 4 nitrogen and oxygen atoms in total. The molecular formula is C20H21ClFNO3S. The molecule has 27 heavy (non-hydrogen) atoms. The molecule has 2 aromatic carbocycles. The van der Waals surface area contributed by atoms with Gasteiger partial charge in [-0.15, -0.1) is 0 Å². The van der Waals surface area contributed by atoms with Crippen LogP contribution in [0, 0.1) is 5.82 Å². The van der Waals surface area contributed by atoms with E-state index in [1.807, 2.05) is 6.26 Å². The first-order valence-electron chi connectivity index (χ1n) is 8.42. The third-order valence-electron chi connectivity index (χ3n) is 3.94. The van der Waals surface area contributed by atoms with Crippen molar-refractivity contribution < 1.29 is 18.7 Å². The molecule has 0 unspecified atom stereocenters. The molecule has 0 aromatic heterocycles. The van der Waals surface area contributed by atoms with E-state index in [0.717, 1.165) is 0 Å². The third kappa shape index (κ3) is 6.56. The molecule has 0 fully saturated rings. The van der Waals surface area contributed by atoms with Crippen molar-refractivity contribution in [3.63, 3.8) is 0 Å². The SMILES string of the molecule is CSCC[C@@H](NC(=O)c1ccc(Cl)cc1)C(=O)O[C@H](C)c1ccc(F)cc1. The Hall–Kier alpha value is -2.05. The van der Waals surface area contributed by atoms with Gasteiger partial charge >= 0.3 is 5.97 Å². The van der Waals surface area contributed by atoms with Crippen molar-refractivity contribution in [1.82, 2.24) is 5.32 Å². The van der Waals surface area contributed by atoms with Crippen LogP contribution in [-0.4, -0.2) is 29.9 Å². The molecule has 144 valence electrons. The lowest BCUT2D eigenvalue weighted by Gasteiger charge is -2.21. The van der Waals surface area contributed by atoms with Crippen molar-refractivity contribution in [3.8, 4) is 0 Å². The largest absolute Gasteiger partial charge is 0.456 e. The second-order valence-corrected chi connectivity index (χ2v) is 7.37. The number of benzene rings is 2. The molecule has 1 N–H and O–H groups in total. The van der Waals surface area contributed by atoms with E-state index in [0.29, 0.717) is 28.3 Å². The number of nitrogens with one attached hydrogen (secondary N) is 1. The minimum absolute atomic E-state index is 0.356. The molecule has 0 aliphatic rings. The van der Waals surface area contributed by atoms with E-state index in [-0.39, 0.29) is 11.7 Å². The predicted molar refractivity (Wildman–Crippen MR) is 107 cm³/mol. The van der Waals surface area contributed by atoms with Crippen LogP contribution >= 0.6 is 23.4 Å². The Balaban J connectivity index is 2.04. The number of esters is 1. The highest BCUT2D eigenvalue weighted by Crippen LogP contribution is 2.19. The van der Waals surface area contributed by atoms with Gasteiger partial charge in [0.1, 0.15) is 18.0 Å². The summed E-state index contributed by atoms with van der Waals surface area (Å²) in [6.07, 6.45) is 1.81. The van der Waals surface area contributed by atoms with Gasteiger partial charge in [0.25, 0.3) is 5.91 Å². The highest BCUT2D eigenvalue weighted by molar-refractivity contribution is 7.98. The summed E-state index contributed by atoms with van der Waals surface area (Å²) >= 11 is 7.41. The number of hydrogen-bond donors (Lipinski definition) is 1. The summed E-state index contributed by atoms with van der Waals surface area (Å²) in [7, 11) is 0. The fraction of sp³-hybridized carbons (Fsp3) is 0.300. The third-order valence-corrected chi connectivity index (χ3v) is 4.84. The standard InChI is InChI=1S/C20H21ClFNO3S/c1-13(14-5-9-17(22)10-6-14)26-20(25)18(11-12-27-2)23-19(24)15-3-7-16(21)8-4-15/h3-10,13,18H,11-12H2,1-2H3,(H,23,24)/t13-,18-/m1/s1. The van der Waals surface area contributed by atoms with E-state index >= 15 is 0 Å². The predicted octanol–water partition coefficient (Wildman–Crippen LogP) is 4.64. The second-order valence-electron chi connectivity index (χ2n) is 5.95. The first kappa shape index (κ1) is 21.3. The van der Waals surface area contributed by atoms with Crippen LogP contribution in [0.2, 0.25) is 5.02 Å². The molecule has 0 heterocycles. The van der Waals surface area contributed by atoms with Gasteiger partial charge in [-0.25, -0.2) is 9.18 Å². The molecule has 0 radical (unpaired) electrons. The average molecular weight is 410 g/mol. The van der Waals surface area contributed by atoms with Gasteiger partial charge in [0, 0.05) is 10.6 Å². The van der Waals surface area contributed by atoms with Gasteiger partial charge in [0.05, 0.1) is 0 Å². The topological polar surface area (TPSA) is 55.4 Å². The molecule has 2 atom stereocenters. The van der Waals surface area contributed by atoms with Crippen LogP contribution in [0.4, 0.5) is 4.39 Å². The quantitative estimate of drug-likeness (QED) is 0.645. The van der Waals surface area contributed by atoms with Crippen molar-refractivity contribution in [2.75, 3.05) is 12.0 Å². The smallest absolute Gasteiger partial charge is 0.329 e. The summed E-state index contributed by atoms with van der Waals surface area (Å²) in [5.74, 6) is -0.566. The number of rotatable bonds is 8. The number of ether oxygens (including phenoxy) is 1. The van der Waals surface area contributed by atoms with Crippen LogP contribution in [0.25, 0.3) is 0 Å². The summed E-state index contributed by atoms with van der Waals surface area (Å²) in [4.78, 5) is 25.0. The first-order chi connectivity index (χ1) is 12.9. The fourth-order valence-corrected chi connectivity index (χ4v) is 2.98. The molecule has 2 rings (SSSR count). The average Bonchev–Trinajstić information content (AvgIpc) is 2.65. The van der Waals surface area contributed by atoms with Crippen molar-refractivity contribution in [2.45, 2.75) is 25.5 Å². The van der Waals surface area contributed by atoms with E-state index < -0.39 is 18.1 Å². The van der Waals surface area contributed by atoms with E-state index in [4.69, 9.17) is 16.3 Å². The van der Waals surface area contributed by atoms with Gasteiger partial charge in [0.2, 0.25) is 0 Å². The Bertz CT molecular complexity index is 768. The molecule has 0 spiro atoms. The Labute approximate surface area is 167 Å². The molecular weight excluding hydrogens is 389 g/mol. The van der Waals surface area contributed by atoms with Crippen LogP contribution in [0.1, 0.15) is 35.4 Å². The van der Waals surface area contributed by atoms with Crippen molar-refractivity contribution in [1.29, 1.82) is 0 Å². The zero-order chi connectivity index (χ0) is 19.8. The number of halogens is 2. The highest BCUT2D eigenvalue weighted by atomic mass is 35.5. The number of carbonyl (C=O) groups is 2. The summed E-state index contributed by atoms with van der Waals surface area (Å²) in [6, 6.07) is 11.4. The van der Waals surface area contributed by atoms with Crippen LogP contribution in [0.5, 0.6) is 0 Å². The zero-order valence-electron chi connectivity index (χ0n) is 15.1. The van der Waals surface area contributed by atoms with E-state index in [1.165, 1.54) is 12.1 Å². The van der Waals surface area contributed by atoms with Crippen LogP contribution in [0.3, 0.4) is 0 Å². The Morgan fingerprint density at radius 2 is 1.78 bits per heavy atom. The summed E-state index contributed by atoms with van der Waals surface area (Å²) in [5, 5.41) is 3.25. The number of hydrogen-bond acceptors (Lipinski definition) is 4. The Kier molecular flexibility index (Phi) is 8.13. The molecule has 0 saturated carbocycles. The van der Waals surface area contributed by atoms with Gasteiger partial charge in [-0.1, -0.05) is 23.7 Å². The lowest BCUT2D eigenvalue weighted by Crippen LogP contribution is -2.42. The number of carbonyl (C=O) groups excluding carboxylic acids is 2. The normalized spacial score (nSPS) is 12.9. The van der Waals surface area contributed by atoms with E-state index in [1.54, 1.807) is 55.1 Å². The maximum Gasteiger partial charge on any atom is 0.329 e. The molecule has 7 heteroatoms. The molecule has 0 saturated heterocycles. The minimum atomic E-state index is -0.775. The highest BCUT2D eigenvalue weighted by Gasteiger charge is 2.24. The van der Waals surface area contributed by atoms with Gasteiger partial charge in [-0.05, 0) is 67.3 Å². The van der Waals surface area contributed by atoms with Gasteiger partial charge in [-0.2, -0.15) is 11.8 Å². The van der Waals surface area contributed by atoms with Crippen molar-refractivity contribution in [2.24, 2.45) is 0 Å². The minimum Gasteiger partial charge on any atom is -0.456 e. The van der Waals surface area contributed by atoms with E-state index in [2.05, 4.69) is 5.32 Å². The zero-order valence-corrected chi connectivity index (χ0v) is 16.6. The Morgan fingerprint density at radius 3 is 2.37 bits per heavy atom. The van der Waals surface area contributed by atoms with Crippen LogP contribution < -0.4 is 5.32 Å². The van der Waals surface area contributed by atoms with Crippen LogP contribution in [0.15, 0.2) is 48.5 Å². The number of amides is 1. The lowest BCUT2D eigenvalue weighted by atomic mass is 10.1. The number of thioether (sulfide) groups is 1. The molecule has 0 aliphatic carbocycles. The second kappa shape index (κ2) is 10.3. The molecule has 0 bridgehead atoms. The maximum absolute atomic E-state index is 13.0. The van der Waals surface area contributed by atoms with Gasteiger partial charge in [-0.3, -0.25) is 4.79 Å². The monoisotopic (exact) mass is 409 g/mol.